The fourth-order valence-corrected chi connectivity index (χ4v) is 4.19. The largest absolute Gasteiger partial charge is 0.353 e. The molecule has 0 aliphatic carbocycles. The van der Waals surface area contributed by atoms with Crippen molar-refractivity contribution in [1.29, 1.82) is 0 Å². The van der Waals surface area contributed by atoms with Crippen LogP contribution in [-0.4, -0.2) is 38.2 Å². The van der Waals surface area contributed by atoms with Crippen LogP contribution in [0.1, 0.15) is 20.3 Å². The summed E-state index contributed by atoms with van der Waals surface area (Å²) >= 11 is 5.95. The first-order chi connectivity index (χ1) is 13.9. The number of nitrogens with zero attached hydrogens (tertiary/aromatic N) is 5. The van der Waals surface area contributed by atoms with Crippen molar-refractivity contribution in [2.75, 3.05) is 23.3 Å². The van der Waals surface area contributed by atoms with E-state index in [0.29, 0.717) is 34.0 Å². The van der Waals surface area contributed by atoms with Crippen molar-refractivity contribution in [3.8, 4) is 0 Å². The molecule has 2 atom stereocenters. The Morgan fingerprint density at radius 2 is 2.03 bits per heavy atom. The highest BCUT2D eigenvalue weighted by atomic mass is 35.5. The zero-order valence-electron chi connectivity index (χ0n) is 16.4. The Morgan fingerprint density at radius 3 is 2.76 bits per heavy atom. The topological polar surface area (TPSA) is 84.5 Å². The first kappa shape index (κ1) is 19.4. The van der Waals surface area contributed by atoms with Gasteiger partial charge in [0.25, 0.3) is 0 Å². The first-order valence-electron chi connectivity index (χ1n) is 9.65. The summed E-state index contributed by atoms with van der Waals surface area (Å²) < 4.78 is 2.61. The summed E-state index contributed by atoms with van der Waals surface area (Å²) in [6.45, 7) is 5.97. The highest BCUT2D eigenvalue weighted by Crippen LogP contribution is 2.26. The lowest BCUT2D eigenvalue weighted by molar-refractivity contribution is -0.117. The molecular formula is C20H23ClN6O2. The summed E-state index contributed by atoms with van der Waals surface area (Å²) in [6, 6.07) is 6.85. The number of anilines is 2. The molecule has 2 unspecified atom stereocenters. The van der Waals surface area contributed by atoms with Crippen molar-refractivity contribution in [2.45, 2.75) is 26.8 Å². The summed E-state index contributed by atoms with van der Waals surface area (Å²) in [5.41, 5.74) is 0.662. The minimum atomic E-state index is -0.372. The molecule has 8 nitrogen and oxygen atoms in total. The van der Waals surface area contributed by atoms with Gasteiger partial charge in [-0.1, -0.05) is 31.5 Å². The predicted molar refractivity (Wildman–Crippen MR) is 112 cm³/mol. The molecule has 0 bridgehead atoms. The highest BCUT2D eigenvalue weighted by Gasteiger charge is 2.25. The molecule has 1 aromatic carbocycles. The molecule has 0 radical (unpaired) electrons. The molecule has 1 aliphatic heterocycles. The quantitative estimate of drug-likeness (QED) is 0.709. The van der Waals surface area contributed by atoms with Crippen LogP contribution in [-0.2, 0) is 11.3 Å². The van der Waals surface area contributed by atoms with Gasteiger partial charge in [0.2, 0.25) is 11.6 Å². The Morgan fingerprint density at radius 1 is 1.28 bits per heavy atom. The lowest BCUT2D eigenvalue weighted by Gasteiger charge is -2.35. The van der Waals surface area contributed by atoms with Crippen LogP contribution in [0.4, 0.5) is 11.5 Å². The lowest BCUT2D eigenvalue weighted by atomic mass is 9.92. The highest BCUT2D eigenvalue weighted by molar-refractivity contribution is 6.30. The second kappa shape index (κ2) is 7.87. The third kappa shape index (κ3) is 4.12. The number of hydrogen-bond acceptors (Lipinski definition) is 5. The Kier molecular flexibility index (Phi) is 5.27. The van der Waals surface area contributed by atoms with Crippen LogP contribution in [0.5, 0.6) is 0 Å². The van der Waals surface area contributed by atoms with Crippen molar-refractivity contribution in [1.82, 2.24) is 19.2 Å². The zero-order valence-corrected chi connectivity index (χ0v) is 17.1. The van der Waals surface area contributed by atoms with E-state index in [1.165, 1.54) is 10.8 Å². The van der Waals surface area contributed by atoms with Gasteiger partial charge >= 0.3 is 5.69 Å². The van der Waals surface area contributed by atoms with Gasteiger partial charge in [0.15, 0.2) is 5.82 Å². The number of aromatic nitrogens is 4. The van der Waals surface area contributed by atoms with Crippen molar-refractivity contribution in [2.24, 2.45) is 11.8 Å². The number of carbonyl (C=O) groups is 1. The molecule has 1 saturated heterocycles. The maximum atomic E-state index is 12.8. The zero-order chi connectivity index (χ0) is 20.5. The van der Waals surface area contributed by atoms with Gasteiger partial charge in [-0.05, 0) is 36.5 Å². The van der Waals surface area contributed by atoms with E-state index in [0.717, 1.165) is 17.8 Å². The number of hydrogen-bond donors (Lipinski definition) is 1. The number of piperidine rings is 1. The predicted octanol–water partition coefficient (Wildman–Crippen LogP) is 2.67. The number of fused-ring (bicyclic) bond motifs is 1. The second-order valence-electron chi connectivity index (χ2n) is 7.79. The summed E-state index contributed by atoms with van der Waals surface area (Å²) in [7, 11) is 0. The molecule has 1 N–H and O–H groups in total. The Hall–Kier alpha value is -2.87. The average Bonchev–Trinajstić information content (AvgIpc) is 2.96. The van der Waals surface area contributed by atoms with Crippen molar-refractivity contribution >= 4 is 34.7 Å². The molecule has 3 heterocycles. The van der Waals surface area contributed by atoms with E-state index in [1.54, 1.807) is 36.7 Å². The summed E-state index contributed by atoms with van der Waals surface area (Å²) in [5, 5.41) is 7.67. The monoisotopic (exact) mass is 414 g/mol. The molecular weight excluding hydrogens is 392 g/mol. The fourth-order valence-electron chi connectivity index (χ4n) is 4.00. The number of carbonyl (C=O) groups excluding carboxylic acids is 1. The second-order valence-corrected chi connectivity index (χ2v) is 8.23. The van der Waals surface area contributed by atoms with Gasteiger partial charge in [0, 0.05) is 36.2 Å². The minimum Gasteiger partial charge on any atom is -0.353 e. The number of amides is 1. The van der Waals surface area contributed by atoms with Crippen molar-refractivity contribution in [3.05, 3.63) is 52.2 Å². The van der Waals surface area contributed by atoms with Crippen LogP contribution in [0.2, 0.25) is 5.02 Å². The molecule has 4 rings (SSSR count). The van der Waals surface area contributed by atoms with Gasteiger partial charge in [-0.25, -0.2) is 18.9 Å². The molecule has 0 spiro atoms. The molecule has 29 heavy (non-hydrogen) atoms. The average molecular weight is 415 g/mol. The van der Waals surface area contributed by atoms with Crippen LogP contribution < -0.4 is 15.9 Å². The van der Waals surface area contributed by atoms with Gasteiger partial charge in [0.1, 0.15) is 6.54 Å². The number of halogens is 1. The molecule has 0 saturated carbocycles. The first-order valence-corrected chi connectivity index (χ1v) is 10.0. The van der Waals surface area contributed by atoms with Gasteiger partial charge in [0.05, 0.1) is 0 Å². The van der Waals surface area contributed by atoms with E-state index in [-0.39, 0.29) is 18.1 Å². The smallest absolute Gasteiger partial charge is 0.350 e. The van der Waals surface area contributed by atoms with Crippen molar-refractivity contribution in [3.63, 3.8) is 0 Å². The van der Waals surface area contributed by atoms with Crippen molar-refractivity contribution < 1.29 is 4.79 Å². The van der Waals surface area contributed by atoms with E-state index in [2.05, 4.69) is 34.1 Å². The van der Waals surface area contributed by atoms with E-state index < -0.39 is 0 Å². The maximum Gasteiger partial charge on any atom is 0.350 e. The third-order valence-electron chi connectivity index (χ3n) is 5.05. The normalized spacial score (nSPS) is 19.5. The molecule has 1 aliphatic rings. The standard InChI is InChI=1S/C20H23ClN6O2/c1-13-8-14(2)11-25(10-13)18-19-24-27(20(29)26(19)7-6-22-18)12-17(28)23-16-5-3-4-15(21)9-16/h3-7,9,13-14H,8,10-12H2,1-2H3,(H,23,28). The van der Waals surface area contributed by atoms with E-state index >= 15 is 0 Å². The van der Waals surface area contributed by atoms with E-state index in [4.69, 9.17) is 11.6 Å². The molecule has 1 amide bonds. The number of nitrogens with one attached hydrogen (secondary N) is 1. The van der Waals surface area contributed by atoms with E-state index in [1.807, 2.05) is 0 Å². The Labute approximate surface area is 173 Å². The molecule has 2 aromatic heterocycles. The third-order valence-corrected chi connectivity index (χ3v) is 5.29. The lowest BCUT2D eigenvalue weighted by Crippen LogP contribution is -2.39. The van der Waals surface area contributed by atoms with Crippen LogP contribution in [0.3, 0.4) is 0 Å². The summed E-state index contributed by atoms with van der Waals surface area (Å²) in [4.78, 5) is 31.8. The number of rotatable bonds is 4. The van der Waals surface area contributed by atoms with Gasteiger partial charge in [-0.15, -0.1) is 5.10 Å². The minimum absolute atomic E-state index is 0.195. The van der Waals surface area contributed by atoms with Crippen LogP contribution in [0.15, 0.2) is 41.5 Å². The van der Waals surface area contributed by atoms with Gasteiger partial charge < -0.3 is 10.2 Å². The van der Waals surface area contributed by atoms with Crippen LogP contribution in [0, 0.1) is 11.8 Å². The summed E-state index contributed by atoms with van der Waals surface area (Å²) in [6.07, 6.45) is 4.35. The molecule has 1 fully saturated rings. The SMILES string of the molecule is CC1CC(C)CN(c2nccn3c(=O)n(CC(=O)Nc4cccc(Cl)c4)nc23)C1. The Bertz CT molecular complexity index is 1100. The summed E-state index contributed by atoms with van der Waals surface area (Å²) in [5.74, 6) is 1.40. The van der Waals surface area contributed by atoms with Gasteiger partial charge in [-0.3, -0.25) is 4.79 Å². The van der Waals surface area contributed by atoms with Gasteiger partial charge in [-0.2, -0.15) is 0 Å². The van der Waals surface area contributed by atoms with Crippen LogP contribution >= 0.6 is 11.6 Å². The Balaban J connectivity index is 1.60. The number of benzene rings is 1. The molecule has 152 valence electrons. The van der Waals surface area contributed by atoms with E-state index in [9.17, 15) is 9.59 Å². The maximum absolute atomic E-state index is 12.8. The molecule has 3 aromatic rings. The molecule has 9 heteroatoms. The fraction of sp³-hybridized carbons (Fsp3) is 0.400. The van der Waals surface area contributed by atoms with Crippen LogP contribution in [0.25, 0.3) is 5.65 Å².